The molecule has 3 nitrogen and oxygen atoms in total. The lowest BCUT2D eigenvalue weighted by atomic mass is 9.67. The van der Waals surface area contributed by atoms with Crippen molar-refractivity contribution in [2.75, 3.05) is 0 Å². The van der Waals surface area contributed by atoms with E-state index in [1.165, 1.54) is 12.8 Å². The van der Waals surface area contributed by atoms with Gasteiger partial charge in [0, 0.05) is 5.25 Å². The molecule has 0 aliphatic heterocycles. The molecule has 1 heterocycles. The average Bonchev–Trinajstić information content (AvgIpc) is 2.91. The number of nitrogens with zero attached hydrogens (tertiary/aromatic N) is 2. The third-order valence-corrected chi connectivity index (χ3v) is 5.86. The highest BCUT2D eigenvalue weighted by molar-refractivity contribution is 7.99. The van der Waals surface area contributed by atoms with Crippen LogP contribution in [0.1, 0.15) is 46.5 Å². The third kappa shape index (κ3) is 3.33. The first-order valence-electron chi connectivity index (χ1n) is 7.02. The maximum absolute atomic E-state index is 9.32. The maximum Gasteiger partial charge on any atom is 0.255 e. The van der Waals surface area contributed by atoms with E-state index in [1.807, 2.05) is 0 Å². The number of hydrogen-bond acceptors (Lipinski definition) is 4. The van der Waals surface area contributed by atoms with Crippen molar-refractivity contribution in [3.63, 3.8) is 0 Å². The van der Waals surface area contributed by atoms with E-state index in [2.05, 4.69) is 31.8 Å². The zero-order valence-electron chi connectivity index (χ0n) is 11.9. The van der Waals surface area contributed by atoms with Crippen LogP contribution >= 0.6 is 11.8 Å². The van der Waals surface area contributed by atoms with E-state index >= 15 is 0 Å². The monoisotopic (exact) mass is 278 g/mol. The molecule has 1 fully saturated rings. The van der Waals surface area contributed by atoms with Gasteiger partial charge in [-0.2, -0.15) is 5.26 Å². The molecule has 0 amide bonds. The highest BCUT2D eigenvalue weighted by Crippen LogP contribution is 2.46. The van der Waals surface area contributed by atoms with E-state index in [0.29, 0.717) is 21.8 Å². The van der Waals surface area contributed by atoms with Gasteiger partial charge in [0.05, 0.1) is 18.2 Å². The van der Waals surface area contributed by atoms with Crippen molar-refractivity contribution in [2.24, 2.45) is 17.3 Å². The summed E-state index contributed by atoms with van der Waals surface area (Å²) in [6, 6.07) is 2.47. The zero-order valence-corrected chi connectivity index (χ0v) is 12.7. The van der Waals surface area contributed by atoms with E-state index in [1.54, 1.807) is 24.2 Å². The molecule has 1 saturated carbocycles. The van der Waals surface area contributed by atoms with Crippen LogP contribution in [0.3, 0.4) is 0 Å². The number of nitriles is 1. The molecule has 4 heteroatoms. The summed E-state index contributed by atoms with van der Waals surface area (Å²) in [7, 11) is 0. The Morgan fingerprint density at radius 3 is 2.89 bits per heavy atom. The van der Waals surface area contributed by atoms with E-state index in [9.17, 15) is 5.26 Å². The van der Waals surface area contributed by atoms with Gasteiger partial charge in [0.2, 0.25) is 0 Å². The fourth-order valence-corrected chi connectivity index (χ4v) is 3.99. The van der Waals surface area contributed by atoms with E-state index in [4.69, 9.17) is 4.42 Å². The Morgan fingerprint density at radius 1 is 1.53 bits per heavy atom. The molecule has 0 aromatic carbocycles. The standard InChI is InChI=1S/C15H22N2OS/c1-4-15(2,3)12-6-5-11(10-16)13(9-12)19-14-17-7-8-18-14/h7-8,11-13H,4-6,9H2,1-3H3. The summed E-state index contributed by atoms with van der Waals surface area (Å²) in [5, 5.41) is 10.3. The van der Waals surface area contributed by atoms with Crippen LogP contribution in [-0.2, 0) is 0 Å². The van der Waals surface area contributed by atoms with Gasteiger partial charge in [0.15, 0.2) is 0 Å². The molecule has 0 spiro atoms. The molecule has 19 heavy (non-hydrogen) atoms. The van der Waals surface area contributed by atoms with Gasteiger partial charge in [-0.05, 0) is 30.6 Å². The highest BCUT2D eigenvalue weighted by Gasteiger charge is 2.38. The van der Waals surface area contributed by atoms with Crippen LogP contribution in [0.5, 0.6) is 0 Å². The Balaban J connectivity index is 2.07. The summed E-state index contributed by atoms with van der Waals surface area (Å²) in [5.74, 6) is 0.815. The fraction of sp³-hybridized carbons (Fsp3) is 0.733. The first-order chi connectivity index (χ1) is 9.06. The predicted molar refractivity (Wildman–Crippen MR) is 76.7 cm³/mol. The summed E-state index contributed by atoms with van der Waals surface area (Å²) in [5.41, 5.74) is 0.357. The van der Waals surface area contributed by atoms with Gasteiger partial charge in [-0.25, -0.2) is 4.98 Å². The molecule has 0 saturated heterocycles. The fourth-order valence-electron chi connectivity index (χ4n) is 2.80. The minimum absolute atomic E-state index is 0.126. The molecule has 1 aliphatic rings. The maximum atomic E-state index is 9.32. The van der Waals surface area contributed by atoms with Gasteiger partial charge in [-0.3, -0.25) is 0 Å². The topological polar surface area (TPSA) is 49.8 Å². The van der Waals surface area contributed by atoms with Crippen molar-refractivity contribution >= 4 is 11.8 Å². The average molecular weight is 278 g/mol. The third-order valence-electron chi connectivity index (χ3n) is 4.64. The van der Waals surface area contributed by atoms with Crippen molar-refractivity contribution in [2.45, 2.75) is 56.9 Å². The molecular weight excluding hydrogens is 256 g/mol. The molecule has 0 bridgehead atoms. The Hall–Kier alpha value is -0.950. The molecule has 1 aromatic rings. The number of oxazole rings is 1. The lowest BCUT2D eigenvalue weighted by Gasteiger charge is -2.40. The van der Waals surface area contributed by atoms with Crippen LogP contribution in [0.2, 0.25) is 0 Å². The minimum Gasteiger partial charge on any atom is -0.440 e. The summed E-state index contributed by atoms with van der Waals surface area (Å²) in [6.07, 6.45) is 7.71. The van der Waals surface area contributed by atoms with Gasteiger partial charge >= 0.3 is 0 Å². The second-order valence-corrected chi connectivity index (χ2v) is 7.23. The molecule has 2 rings (SSSR count). The largest absolute Gasteiger partial charge is 0.440 e. The molecule has 3 atom stereocenters. The molecule has 1 aliphatic carbocycles. The lowest BCUT2D eigenvalue weighted by Crippen LogP contribution is -2.34. The van der Waals surface area contributed by atoms with Crippen molar-refractivity contribution in [3.8, 4) is 6.07 Å². The zero-order chi connectivity index (χ0) is 13.9. The summed E-state index contributed by atoms with van der Waals surface area (Å²) in [6.45, 7) is 6.95. The number of thioether (sulfide) groups is 1. The Labute approximate surface area is 119 Å². The molecule has 0 radical (unpaired) electrons. The van der Waals surface area contributed by atoms with Crippen molar-refractivity contribution in [1.82, 2.24) is 4.98 Å². The van der Waals surface area contributed by atoms with E-state index < -0.39 is 0 Å². The number of hydrogen-bond donors (Lipinski definition) is 0. The lowest BCUT2D eigenvalue weighted by molar-refractivity contribution is 0.143. The molecule has 104 valence electrons. The Morgan fingerprint density at radius 2 is 2.32 bits per heavy atom. The van der Waals surface area contributed by atoms with Crippen molar-refractivity contribution < 1.29 is 4.42 Å². The van der Waals surface area contributed by atoms with Gasteiger partial charge in [-0.1, -0.05) is 39.0 Å². The Kier molecular flexibility index (Phi) is 4.57. The highest BCUT2D eigenvalue weighted by atomic mass is 32.2. The molecule has 0 N–H and O–H groups in total. The quantitative estimate of drug-likeness (QED) is 0.813. The van der Waals surface area contributed by atoms with Crippen molar-refractivity contribution in [3.05, 3.63) is 12.5 Å². The SMILES string of the molecule is CCC(C)(C)C1CCC(C#N)C(Sc2ncco2)C1. The molecular formula is C15H22N2OS. The Bertz CT molecular complexity index is 435. The number of aromatic nitrogens is 1. The van der Waals surface area contributed by atoms with Crippen LogP contribution in [0.4, 0.5) is 0 Å². The first kappa shape index (κ1) is 14.5. The van der Waals surface area contributed by atoms with Crippen LogP contribution in [0.25, 0.3) is 0 Å². The first-order valence-corrected chi connectivity index (χ1v) is 7.90. The minimum atomic E-state index is 0.126. The molecule has 3 unspecified atom stereocenters. The van der Waals surface area contributed by atoms with Crippen LogP contribution in [-0.4, -0.2) is 10.2 Å². The van der Waals surface area contributed by atoms with E-state index in [0.717, 1.165) is 12.8 Å². The summed E-state index contributed by atoms with van der Waals surface area (Å²) >= 11 is 1.63. The second kappa shape index (κ2) is 6.00. The van der Waals surface area contributed by atoms with Gasteiger partial charge in [0.25, 0.3) is 5.22 Å². The normalized spacial score (nSPS) is 28.0. The number of rotatable bonds is 4. The second-order valence-electron chi connectivity index (χ2n) is 6.04. The van der Waals surface area contributed by atoms with Crippen LogP contribution < -0.4 is 0 Å². The summed E-state index contributed by atoms with van der Waals surface area (Å²) < 4.78 is 5.32. The van der Waals surface area contributed by atoms with Gasteiger partial charge in [0.1, 0.15) is 6.26 Å². The van der Waals surface area contributed by atoms with E-state index in [-0.39, 0.29) is 5.92 Å². The van der Waals surface area contributed by atoms with Crippen LogP contribution in [0.15, 0.2) is 22.1 Å². The molecule has 1 aromatic heterocycles. The van der Waals surface area contributed by atoms with Crippen LogP contribution in [0, 0.1) is 28.6 Å². The predicted octanol–water partition coefficient (Wildman–Crippen LogP) is 4.51. The van der Waals surface area contributed by atoms with Crippen molar-refractivity contribution in [1.29, 1.82) is 5.26 Å². The van der Waals surface area contributed by atoms with Gasteiger partial charge < -0.3 is 4.42 Å². The smallest absolute Gasteiger partial charge is 0.255 e. The van der Waals surface area contributed by atoms with Gasteiger partial charge in [-0.15, -0.1) is 0 Å². The summed E-state index contributed by atoms with van der Waals surface area (Å²) in [4.78, 5) is 4.17.